The maximum Gasteiger partial charge on any atom is 0.158 e. The van der Waals surface area contributed by atoms with E-state index in [1.54, 1.807) is 0 Å². The Hall–Kier alpha value is -10.7. The number of unbranched alkanes of at least 4 members (excludes halogenated alkanes) is 15. The number of hydrogen-bond acceptors (Lipinski definition) is 8. The van der Waals surface area contributed by atoms with Crippen molar-refractivity contribution >= 4 is 11.6 Å². The molecule has 13 rings (SSSR count). The van der Waals surface area contributed by atoms with E-state index in [1.807, 2.05) is 55.1 Å². The van der Waals surface area contributed by atoms with Crippen LogP contribution in [0, 0.1) is 24.3 Å². The van der Waals surface area contributed by atoms with Gasteiger partial charge in [0.2, 0.25) is 0 Å². The van der Waals surface area contributed by atoms with E-state index in [2.05, 4.69) is 259 Å². The Bertz CT molecular complexity index is 5250. The predicted molar refractivity (Wildman–Crippen MR) is 478 cm³/mol. The molecule has 0 aliphatic carbocycles. The fourth-order valence-corrected chi connectivity index (χ4v) is 15.2. The van der Waals surface area contributed by atoms with Gasteiger partial charge in [0, 0.05) is 90.0 Å². The summed E-state index contributed by atoms with van der Waals surface area (Å²) < 4.78 is 0. The maximum absolute atomic E-state index is 11.5. The number of benzene rings is 9. The van der Waals surface area contributed by atoms with Gasteiger partial charge in [0.05, 0.1) is 12.5 Å². The summed E-state index contributed by atoms with van der Waals surface area (Å²) in [6.07, 6.45) is 41.7. The van der Waals surface area contributed by atoms with Crippen molar-refractivity contribution in [1.29, 1.82) is 0 Å². The van der Waals surface area contributed by atoms with Crippen LogP contribution in [0.5, 0.6) is 0 Å². The third kappa shape index (κ3) is 29.7. The Morgan fingerprint density at radius 3 is 0.814 bits per heavy atom. The Balaban J connectivity index is 0.000000245. The number of aryl methyl sites for hydroxylation is 8. The minimum Gasteiger partial charge on any atom is -0.515 e. The first-order valence-electron chi connectivity index (χ1n) is 42.2. The number of ketones is 2. The minimum absolute atomic E-state index is 0. The molecule has 0 saturated heterocycles. The summed E-state index contributed by atoms with van der Waals surface area (Å²) in [4.78, 5) is 41.7. The molecule has 0 bridgehead atoms. The summed E-state index contributed by atoms with van der Waals surface area (Å²) in [5, 5.41) is 17.4. The summed E-state index contributed by atoms with van der Waals surface area (Å²) in [6, 6.07) is 104. The smallest absolute Gasteiger partial charge is 0.158 e. The van der Waals surface area contributed by atoms with Crippen LogP contribution in [-0.4, -0.2) is 41.7 Å². The summed E-state index contributed by atoms with van der Waals surface area (Å²) >= 11 is 0. The summed E-state index contributed by atoms with van der Waals surface area (Å²) in [6.45, 7) is 0. The van der Waals surface area contributed by atoms with Crippen LogP contribution in [0.3, 0.4) is 0 Å². The van der Waals surface area contributed by atoms with Gasteiger partial charge in [-0.3, -0.25) is 9.59 Å². The number of pyridine rings is 4. The number of carbonyl (C=O) groups excluding carboxylic acids is 2. The third-order valence-electron chi connectivity index (χ3n) is 21.7. The van der Waals surface area contributed by atoms with Crippen molar-refractivity contribution in [2.24, 2.45) is 0 Å². The number of allylic oxidation sites excluding steroid dienone is 2. The van der Waals surface area contributed by atoms with Gasteiger partial charge in [-0.1, -0.05) is 248 Å². The zero-order valence-electron chi connectivity index (χ0n) is 67.8. The summed E-state index contributed by atoms with van der Waals surface area (Å²) in [7, 11) is 0. The van der Waals surface area contributed by atoms with Gasteiger partial charge in [0.15, 0.2) is 11.6 Å². The molecule has 4 aromatic heterocycles. The van der Waals surface area contributed by atoms with E-state index < -0.39 is 0 Å². The van der Waals surface area contributed by atoms with Crippen LogP contribution in [0.4, 0.5) is 0 Å². The van der Waals surface area contributed by atoms with Gasteiger partial charge in [-0.05, 0) is 191 Å². The first-order chi connectivity index (χ1) is 57.2. The van der Waals surface area contributed by atoms with Gasteiger partial charge in [-0.2, -0.15) is 0 Å². The second-order valence-corrected chi connectivity index (χ2v) is 30.5. The molecule has 8 nitrogen and oxygen atoms in total. The molecule has 2 N–H and O–H groups in total. The quantitative estimate of drug-likeness (QED) is 0.0167. The van der Waals surface area contributed by atoms with Crippen LogP contribution in [0.15, 0.2) is 304 Å². The van der Waals surface area contributed by atoms with E-state index in [-0.39, 0.29) is 51.8 Å². The molecule has 2 radical (unpaired) electrons. The average molecular weight is 1910 g/mol. The minimum atomic E-state index is -0.000949. The molecule has 10 heteroatoms. The van der Waals surface area contributed by atoms with E-state index in [4.69, 9.17) is 20.2 Å². The molecule has 118 heavy (non-hydrogen) atoms. The monoisotopic (exact) mass is 1910 g/mol. The zero-order chi connectivity index (χ0) is 79.8. The van der Waals surface area contributed by atoms with Gasteiger partial charge in [-0.15, -0.1) is 142 Å². The zero-order valence-corrected chi connectivity index (χ0v) is 72.6. The molecule has 9 aromatic carbocycles. The molecular weight excluding hydrogens is 1800 g/mol. The largest absolute Gasteiger partial charge is 0.515 e. The summed E-state index contributed by atoms with van der Waals surface area (Å²) in [5.41, 5.74) is 28.2. The molecule has 0 atom stereocenters. The summed E-state index contributed by atoms with van der Waals surface area (Å²) in [5.74, 6) is 0.00207. The van der Waals surface area contributed by atoms with Crippen molar-refractivity contribution in [2.75, 3.05) is 0 Å². The maximum atomic E-state index is 11.5. The van der Waals surface area contributed by atoms with E-state index in [1.165, 1.54) is 154 Å². The van der Waals surface area contributed by atoms with Crippen LogP contribution in [-0.2, 0) is 101 Å². The van der Waals surface area contributed by atoms with Crippen LogP contribution >= 0.6 is 0 Å². The van der Waals surface area contributed by atoms with E-state index in [9.17, 15) is 9.59 Å². The topological polar surface area (TPSA) is 126 Å². The van der Waals surface area contributed by atoms with E-state index in [0.717, 1.165) is 171 Å². The number of aromatic nitrogens is 4. The van der Waals surface area contributed by atoms with Gasteiger partial charge in [0.25, 0.3) is 0 Å². The standard InChI is InChI=1S/C55H52N2O2.C53H56N2O2.2Ir/c58-36-33-53(59)22-9-4-2-1-3-6-13-44-14-10-19-48(37-44)50-32-35-57-55(41-50)52-21-12-16-46(39-52)30-28-43-25-23-42(24-26-43)27-29-45-15-11-20-51(38-45)54-40-49(31-34-56-54)47-17-7-5-8-18-47;56-36-33-51(57)30-15-8-4-3-7-10-19-42-22-16-27-46(37-42)48-32-35-55-53(41-48)50-29-18-24-44(39-50)21-12-6-2-1-5-11-20-43-23-17-28-49(38-43)52-40-47(31-34-54-52)45-25-13-9-14-26-45;;/h5,7-8,10-12,14-19,23-26,31-41,58H,1-4,6,9,13,22,27-30H2;9,13-14,16-18,22-27,31-41,56H,1-8,10-12,15,19-21,30H2;;/q2*-2;;. The Kier molecular flexibility index (Phi) is 38.1. The SMILES string of the molecule is O=C(C=CO)CCCCCCCCc1cccc(-c2ccnc(-c3[c-]ccc(CCCCCCCCc4cc[c-]c(-c5cc(-c6ccccc6)ccn5)c4)c3)c2)c1.O=C(C=CO)CCCCCCCCc1cccc(-c2ccnc(-c3[c-]ccc(CCc4ccc(CCc5cc[c-]c(-c6cc(-c7ccccc7)ccn6)c5)cc4)c3)c2)c1.[Ir].[Ir]. The van der Waals surface area contributed by atoms with Crippen molar-refractivity contribution in [3.63, 3.8) is 0 Å². The van der Waals surface area contributed by atoms with Gasteiger partial charge >= 0.3 is 0 Å². The predicted octanol–water partition coefficient (Wildman–Crippen LogP) is 27.0. The van der Waals surface area contributed by atoms with Crippen LogP contribution in [0.2, 0.25) is 0 Å². The van der Waals surface area contributed by atoms with Crippen LogP contribution < -0.4 is 0 Å². The molecule has 4 heterocycles. The van der Waals surface area contributed by atoms with E-state index in [0.29, 0.717) is 12.8 Å². The van der Waals surface area contributed by atoms with Gasteiger partial charge < -0.3 is 30.1 Å². The number of hydrogen-bond donors (Lipinski definition) is 2. The third-order valence-corrected chi connectivity index (χ3v) is 21.7. The van der Waals surface area contributed by atoms with Crippen molar-refractivity contribution in [3.8, 4) is 89.5 Å². The number of aliphatic hydroxyl groups excluding tert-OH is 2. The molecule has 0 saturated carbocycles. The number of nitrogens with zero attached hydrogens (tertiary/aromatic N) is 4. The number of aliphatic hydroxyl groups is 2. The van der Waals surface area contributed by atoms with Crippen LogP contribution in [0.1, 0.15) is 173 Å². The molecular formula is C108H108Ir2N4O4-4. The average Bonchev–Trinajstić information content (AvgIpc) is 0.821. The molecule has 0 spiro atoms. The Morgan fingerprint density at radius 1 is 0.246 bits per heavy atom. The first-order valence-corrected chi connectivity index (χ1v) is 42.2. The molecule has 13 aromatic rings. The van der Waals surface area contributed by atoms with Crippen molar-refractivity contribution < 1.29 is 60.0 Å². The fourth-order valence-electron chi connectivity index (χ4n) is 15.2. The Morgan fingerprint density at radius 2 is 0.500 bits per heavy atom. The number of carbonyl (C=O) groups is 2. The molecule has 606 valence electrons. The van der Waals surface area contributed by atoms with E-state index >= 15 is 0 Å². The van der Waals surface area contributed by atoms with Crippen molar-refractivity contribution in [3.05, 3.63) is 373 Å². The normalized spacial score (nSPS) is 11.1. The molecule has 0 fully saturated rings. The van der Waals surface area contributed by atoms with Crippen LogP contribution in [0.25, 0.3) is 89.5 Å². The fraction of sp³-hybridized carbons (Fsp3) is 0.259. The molecule has 0 aliphatic heterocycles. The number of rotatable bonds is 43. The second-order valence-electron chi connectivity index (χ2n) is 30.5. The molecule has 0 amide bonds. The molecule has 0 aliphatic rings. The van der Waals surface area contributed by atoms with Crippen molar-refractivity contribution in [2.45, 2.75) is 180 Å². The van der Waals surface area contributed by atoms with Gasteiger partial charge in [-0.25, -0.2) is 0 Å². The molecule has 0 unspecified atom stereocenters. The first kappa shape index (κ1) is 89.6. The second kappa shape index (κ2) is 50.2. The van der Waals surface area contributed by atoms with Gasteiger partial charge in [0.1, 0.15) is 0 Å². The van der Waals surface area contributed by atoms with Crippen molar-refractivity contribution in [1.82, 2.24) is 19.9 Å². The Labute approximate surface area is 728 Å².